The molecule has 1 aromatic rings. The van der Waals surface area contributed by atoms with E-state index in [0.29, 0.717) is 23.7 Å². The Morgan fingerprint density at radius 2 is 2.03 bits per heavy atom. The van der Waals surface area contributed by atoms with Gasteiger partial charge < -0.3 is 19.9 Å². The van der Waals surface area contributed by atoms with Gasteiger partial charge in [0.25, 0.3) is 5.24 Å². The standard InChI is InChI=1S/C23H29NO5S/c1-15-6-2-3-7-16-8-4-5-9-19(16)21(25)28-18-12-17(11-10-15)29-23(27,13-18)20-14-30-22(26)24-20/h2,4-6,8-9,15,17-18,20,27H,3,7,10-14H2,1H3,(H,24,26)/b6-2-/t15-,17?,18?,20+,23-/m1/s1. The number of ether oxygens (including phenoxy) is 2. The predicted octanol–water partition coefficient (Wildman–Crippen LogP) is 3.82. The topological polar surface area (TPSA) is 84.9 Å². The van der Waals surface area contributed by atoms with E-state index in [2.05, 4.69) is 24.4 Å². The molecule has 5 atom stereocenters. The number of benzene rings is 1. The third kappa shape index (κ3) is 4.90. The molecule has 1 aromatic carbocycles. The molecule has 2 saturated heterocycles. The summed E-state index contributed by atoms with van der Waals surface area (Å²) < 4.78 is 12.0. The van der Waals surface area contributed by atoms with Crippen LogP contribution in [-0.2, 0) is 15.9 Å². The van der Waals surface area contributed by atoms with Gasteiger partial charge in [0.2, 0.25) is 0 Å². The summed E-state index contributed by atoms with van der Waals surface area (Å²) in [6.07, 6.45) is 7.70. The number of aliphatic hydroxyl groups is 1. The molecule has 6 nitrogen and oxygen atoms in total. The maximum Gasteiger partial charge on any atom is 0.338 e. The van der Waals surface area contributed by atoms with E-state index in [0.717, 1.165) is 43.0 Å². The highest BCUT2D eigenvalue weighted by Gasteiger charge is 2.49. The van der Waals surface area contributed by atoms with Gasteiger partial charge in [-0.25, -0.2) is 4.79 Å². The van der Waals surface area contributed by atoms with Crippen molar-refractivity contribution >= 4 is 23.0 Å². The normalized spacial score (nSPS) is 36.2. The van der Waals surface area contributed by atoms with Gasteiger partial charge in [0.15, 0.2) is 5.79 Å². The first-order valence-corrected chi connectivity index (χ1v) is 11.7. The maximum absolute atomic E-state index is 13.0. The Balaban J connectivity index is 1.60. The molecule has 162 valence electrons. The maximum atomic E-state index is 13.0. The minimum absolute atomic E-state index is 0.151. The van der Waals surface area contributed by atoms with Crippen molar-refractivity contribution in [3.8, 4) is 0 Å². The van der Waals surface area contributed by atoms with E-state index < -0.39 is 17.9 Å². The molecule has 3 aliphatic heterocycles. The number of esters is 1. The number of hydrogen-bond acceptors (Lipinski definition) is 6. The molecule has 1 amide bonds. The van der Waals surface area contributed by atoms with Crippen LogP contribution in [0.1, 0.15) is 54.9 Å². The molecular weight excluding hydrogens is 402 g/mol. The Morgan fingerprint density at radius 1 is 1.20 bits per heavy atom. The number of carbonyl (C=O) groups excluding carboxylic acids is 2. The zero-order valence-corrected chi connectivity index (χ0v) is 18.0. The number of thioether (sulfide) groups is 1. The van der Waals surface area contributed by atoms with Crippen LogP contribution in [-0.4, -0.2) is 46.1 Å². The Kier molecular flexibility index (Phi) is 6.51. The van der Waals surface area contributed by atoms with Crippen molar-refractivity contribution in [3.63, 3.8) is 0 Å². The Bertz CT molecular complexity index is 828. The van der Waals surface area contributed by atoms with Gasteiger partial charge in [-0.1, -0.05) is 49.0 Å². The highest BCUT2D eigenvalue weighted by atomic mass is 32.2. The molecule has 2 N–H and O–H groups in total. The van der Waals surface area contributed by atoms with Gasteiger partial charge >= 0.3 is 5.97 Å². The Hall–Kier alpha value is -1.83. The van der Waals surface area contributed by atoms with E-state index in [4.69, 9.17) is 9.47 Å². The van der Waals surface area contributed by atoms with Crippen LogP contribution >= 0.6 is 11.8 Å². The van der Waals surface area contributed by atoms with Crippen LogP contribution in [0.25, 0.3) is 0 Å². The van der Waals surface area contributed by atoms with Crippen LogP contribution in [0.4, 0.5) is 4.79 Å². The molecule has 3 aliphatic rings. The van der Waals surface area contributed by atoms with Gasteiger partial charge in [-0.2, -0.15) is 0 Å². The average molecular weight is 432 g/mol. The fourth-order valence-corrected chi connectivity index (χ4v) is 5.36. The Labute approximate surface area is 181 Å². The first-order valence-electron chi connectivity index (χ1n) is 10.7. The van der Waals surface area contributed by atoms with Crippen LogP contribution in [0, 0.1) is 5.92 Å². The van der Waals surface area contributed by atoms with Crippen LogP contribution in [0.15, 0.2) is 36.4 Å². The molecule has 4 rings (SSSR count). The highest BCUT2D eigenvalue weighted by molar-refractivity contribution is 8.14. The SMILES string of the molecule is C[C@@H]1/C=C\CCc2ccccc2C(=O)OC2CC(CC1)O[C@@](O)([C@@H]1CSC(=O)N1)C2. The molecule has 0 radical (unpaired) electrons. The number of nitrogens with one attached hydrogen (secondary N) is 1. The number of hydrogen-bond donors (Lipinski definition) is 2. The lowest BCUT2D eigenvalue weighted by Crippen LogP contribution is -2.58. The lowest BCUT2D eigenvalue weighted by molar-refractivity contribution is -0.282. The minimum atomic E-state index is -1.54. The van der Waals surface area contributed by atoms with E-state index in [1.807, 2.05) is 18.2 Å². The van der Waals surface area contributed by atoms with Gasteiger partial charge in [0.05, 0.1) is 17.7 Å². The fraction of sp³-hybridized carbons (Fsp3) is 0.565. The van der Waals surface area contributed by atoms with Crippen molar-refractivity contribution in [1.29, 1.82) is 0 Å². The van der Waals surface area contributed by atoms with Crippen LogP contribution in [0.2, 0.25) is 0 Å². The Morgan fingerprint density at radius 3 is 2.83 bits per heavy atom. The van der Waals surface area contributed by atoms with Gasteiger partial charge in [0.1, 0.15) is 6.10 Å². The summed E-state index contributed by atoms with van der Waals surface area (Å²) >= 11 is 1.14. The number of amides is 1. The summed E-state index contributed by atoms with van der Waals surface area (Å²) in [5.74, 6) is -1.07. The van der Waals surface area contributed by atoms with Crippen molar-refractivity contribution in [3.05, 3.63) is 47.5 Å². The van der Waals surface area contributed by atoms with Crippen LogP contribution in [0.3, 0.4) is 0 Å². The molecule has 30 heavy (non-hydrogen) atoms. The van der Waals surface area contributed by atoms with Crippen molar-refractivity contribution in [2.24, 2.45) is 5.92 Å². The highest BCUT2D eigenvalue weighted by Crippen LogP contribution is 2.37. The summed E-state index contributed by atoms with van der Waals surface area (Å²) in [5, 5.41) is 13.9. The quantitative estimate of drug-likeness (QED) is 0.519. The zero-order valence-electron chi connectivity index (χ0n) is 17.2. The average Bonchev–Trinajstić information content (AvgIpc) is 3.16. The molecule has 2 bridgehead atoms. The van der Waals surface area contributed by atoms with E-state index in [9.17, 15) is 14.7 Å². The third-order valence-electron chi connectivity index (χ3n) is 6.13. The summed E-state index contributed by atoms with van der Waals surface area (Å²) in [6.45, 7) is 2.18. The molecule has 2 unspecified atom stereocenters. The van der Waals surface area contributed by atoms with Crippen LogP contribution < -0.4 is 5.32 Å². The molecular formula is C23H29NO5S. The number of aryl methyl sites for hydroxylation is 1. The first kappa shape index (κ1) is 21.4. The van der Waals surface area contributed by atoms with Crippen molar-refractivity contribution in [1.82, 2.24) is 5.32 Å². The summed E-state index contributed by atoms with van der Waals surface area (Å²) in [5.41, 5.74) is 1.54. The second-order valence-corrected chi connectivity index (χ2v) is 9.52. The zero-order chi connectivity index (χ0) is 21.1. The number of carbonyl (C=O) groups is 2. The predicted molar refractivity (Wildman–Crippen MR) is 115 cm³/mol. The molecule has 0 spiro atoms. The largest absolute Gasteiger partial charge is 0.458 e. The van der Waals surface area contributed by atoms with Gasteiger partial charge in [-0.15, -0.1) is 0 Å². The van der Waals surface area contributed by atoms with Gasteiger partial charge in [-0.05, 0) is 43.2 Å². The number of allylic oxidation sites excluding steroid dienone is 2. The molecule has 0 saturated carbocycles. The number of rotatable bonds is 1. The molecule has 0 aliphatic carbocycles. The minimum Gasteiger partial charge on any atom is -0.458 e. The monoisotopic (exact) mass is 431 g/mol. The van der Waals surface area contributed by atoms with E-state index in [-0.39, 0.29) is 23.7 Å². The molecule has 7 heteroatoms. The third-order valence-corrected chi connectivity index (χ3v) is 7.01. The lowest BCUT2D eigenvalue weighted by Gasteiger charge is -2.43. The molecule has 3 heterocycles. The summed E-state index contributed by atoms with van der Waals surface area (Å²) in [4.78, 5) is 24.7. The van der Waals surface area contributed by atoms with Gasteiger partial charge in [-0.3, -0.25) is 4.79 Å². The smallest absolute Gasteiger partial charge is 0.338 e. The van der Waals surface area contributed by atoms with Gasteiger partial charge in [0, 0.05) is 18.6 Å². The van der Waals surface area contributed by atoms with Crippen molar-refractivity contribution in [2.45, 2.75) is 69.5 Å². The summed E-state index contributed by atoms with van der Waals surface area (Å²) in [7, 11) is 0. The number of fused-ring (bicyclic) bond motifs is 3. The van der Waals surface area contributed by atoms with Crippen molar-refractivity contribution < 1.29 is 24.2 Å². The van der Waals surface area contributed by atoms with E-state index in [1.165, 1.54) is 0 Å². The van der Waals surface area contributed by atoms with E-state index >= 15 is 0 Å². The lowest BCUT2D eigenvalue weighted by atomic mass is 9.90. The molecule has 0 aromatic heterocycles. The second-order valence-electron chi connectivity index (χ2n) is 8.53. The van der Waals surface area contributed by atoms with Crippen LogP contribution in [0.5, 0.6) is 0 Å². The first-order chi connectivity index (χ1) is 14.4. The molecule has 2 fully saturated rings. The van der Waals surface area contributed by atoms with E-state index in [1.54, 1.807) is 6.07 Å². The van der Waals surface area contributed by atoms with Crippen molar-refractivity contribution in [2.75, 3.05) is 5.75 Å². The second kappa shape index (κ2) is 9.12. The summed E-state index contributed by atoms with van der Waals surface area (Å²) in [6, 6.07) is 7.03. The fourth-order valence-electron chi connectivity index (χ4n) is 4.47.